The van der Waals surface area contributed by atoms with Crippen LogP contribution in [0.25, 0.3) is 0 Å². The van der Waals surface area contributed by atoms with Gasteiger partial charge < -0.3 is 25.2 Å². The number of nitrogens with one attached hydrogen (secondary N) is 2. The van der Waals surface area contributed by atoms with Gasteiger partial charge in [0.2, 0.25) is 17.7 Å². The van der Waals surface area contributed by atoms with Crippen molar-refractivity contribution in [1.82, 2.24) is 15.1 Å². The predicted molar refractivity (Wildman–Crippen MR) is 154 cm³/mol. The van der Waals surface area contributed by atoms with E-state index in [-0.39, 0.29) is 23.8 Å². The Morgan fingerprint density at radius 1 is 1.02 bits per heavy atom. The molecule has 1 spiro atoms. The van der Waals surface area contributed by atoms with E-state index in [1.807, 2.05) is 12.2 Å². The second kappa shape index (κ2) is 11.5. The lowest BCUT2D eigenvalue weighted by Crippen LogP contribution is -2.56. The number of benzene rings is 1. The van der Waals surface area contributed by atoms with E-state index < -0.39 is 29.6 Å². The first-order valence-electron chi connectivity index (χ1n) is 15.1. The summed E-state index contributed by atoms with van der Waals surface area (Å²) in [5.41, 5.74) is -0.511. The summed E-state index contributed by atoms with van der Waals surface area (Å²) >= 11 is 6.01. The van der Waals surface area contributed by atoms with Crippen molar-refractivity contribution in [2.75, 3.05) is 31.5 Å². The summed E-state index contributed by atoms with van der Waals surface area (Å²) in [6.07, 6.45) is 11.7. The van der Waals surface area contributed by atoms with Gasteiger partial charge in [-0.3, -0.25) is 14.4 Å². The van der Waals surface area contributed by atoms with E-state index >= 15 is 0 Å². The van der Waals surface area contributed by atoms with E-state index in [1.165, 1.54) is 19.3 Å². The number of nitrogens with zero attached hydrogens (tertiary/aromatic N) is 2. The third-order valence-corrected chi connectivity index (χ3v) is 9.99. The molecule has 1 aliphatic carbocycles. The van der Waals surface area contributed by atoms with Crippen molar-refractivity contribution in [2.45, 2.75) is 82.1 Å². The zero-order chi connectivity index (χ0) is 27.9. The highest BCUT2D eigenvalue weighted by molar-refractivity contribution is 6.30. The highest BCUT2D eigenvalue weighted by atomic mass is 35.5. The Kier molecular flexibility index (Phi) is 7.94. The van der Waals surface area contributed by atoms with Gasteiger partial charge in [-0.05, 0) is 81.9 Å². The van der Waals surface area contributed by atoms with Crippen LogP contribution in [0.3, 0.4) is 0 Å². The van der Waals surface area contributed by atoms with Crippen molar-refractivity contribution in [3.8, 4) is 0 Å². The quantitative estimate of drug-likeness (QED) is 0.463. The molecule has 5 aliphatic rings. The minimum absolute atomic E-state index is 0.121. The molecule has 216 valence electrons. The Morgan fingerprint density at radius 3 is 2.48 bits per heavy atom. The molecule has 3 saturated heterocycles. The molecule has 0 radical (unpaired) electrons. The molecule has 4 heterocycles. The number of ether oxygens (including phenoxy) is 1. The lowest BCUT2D eigenvalue weighted by Gasteiger charge is -2.35. The van der Waals surface area contributed by atoms with Gasteiger partial charge >= 0.3 is 0 Å². The highest BCUT2D eigenvalue weighted by Crippen LogP contribution is 2.55. The van der Waals surface area contributed by atoms with Crippen molar-refractivity contribution < 1.29 is 19.1 Å². The summed E-state index contributed by atoms with van der Waals surface area (Å²) in [6, 6.07) is 6.26. The second-order valence-corrected chi connectivity index (χ2v) is 12.9. The smallest absolute Gasteiger partial charge is 0.246 e. The zero-order valence-electron chi connectivity index (χ0n) is 23.3. The number of fused-ring (bicyclic) bond motifs is 1. The summed E-state index contributed by atoms with van der Waals surface area (Å²) in [4.78, 5) is 45.9. The molecule has 4 aliphatic heterocycles. The number of halogens is 1. The molecular formula is C31H41ClN4O4. The Bertz CT molecular complexity index is 1140. The fourth-order valence-electron chi connectivity index (χ4n) is 7.54. The topological polar surface area (TPSA) is 91.0 Å². The molecule has 9 heteroatoms. The van der Waals surface area contributed by atoms with Crippen molar-refractivity contribution in [3.63, 3.8) is 0 Å². The lowest BCUT2D eigenvalue weighted by molar-refractivity contribution is -0.141. The van der Waals surface area contributed by atoms with E-state index in [2.05, 4.69) is 22.5 Å². The van der Waals surface area contributed by atoms with E-state index in [9.17, 15) is 14.4 Å². The molecular weight excluding hydrogens is 528 g/mol. The minimum Gasteiger partial charge on any atom is -0.359 e. The molecule has 3 amide bonds. The highest BCUT2D eigenvalue weighted by Gasteiger charge is 2.72. The van der Waals surface area contributed by atoms with Crippen LogP contribution in [0.2, 0.25) is 5.02 Å². The Labute approximate surface area is 241 Å². The van der Waals surface area contributed by atoms with Gasteiger partial charge in [0.1, 0.15) is 11.6 Å². The maximum absolute atomic E-state index is 14.1. The molecule has 6 rings (SSSR count). The molecule has 2 bridgehead atoms. The van der Waals surface area contributed by atoms with Gasteiger partial charge in [-0.15, -0.1) is 0 Å². The summed E-state index contributed by atoms with van der Waals surface area (Å²) < 4.78 is 6.48. The normalized spacial score (nSPS) is 32.5. The summed E-state index contributed by atoms with van der Waals surface area (Å²) in [6.45, 7) is 5.82. The molecule has 0 unspecified atom stereocenters. The first kappa shape index (κ1) is 27.7. The molecule has 1 saturated carbocycles. The van der Waals surface area contributed by atoms with E-state index in [4.69, 9.17) is 16.3 Å². The monoisotopic (exact) mass is 568 g/mol. The third kappa shape index (κ3) is 5.19. The fraction of sp³-hybridized carbons (Fsp3) is 0.645. The van der Waals surface area contributed by atoms with Crippen LogP contribution in [-0.4, -0.2) is 77.5 Å². The van der Waals surface area contributed by atoms with Gasteiger partial charge in [0.25, 0.3) is 0 Å². The van der Waals surface area contributed by atoms with E-state index in [1.54, 1.807) is 29.2 Å². The summed E-state index contributed by atoms with van der Waals surface area (Å²) in [7, 11) is 0. The van der Waals surface area contributed by atoms with Gasteiger partial charge in [-0.1, -0.05) is 49.9 Å². The summed E-state index contributed by atoms with van der Waals surface area (Å²) in [5.74, 6) is -1.25. The second-order valence-electron chi connectivity index (χ2n) is 12.5. The van der Waals surface area contributed by atoms with Gasteiger partial charge in [0.15, 0.2) is 0 Å². The maximum atomic E-state index is 14.1. The number of hydrogen-bond acceptors (Lipinski definition) is 5. The van der Waals surface area contributed by atoms with E-state index in [0.717, 1.165) is 57.7 Å². The third-order valence-electron chi connectivity index (χ3n) is 9.74. The fourth-order valence-corrected chi connectivity index (χ4v) is 7.67. The molecule has 8 nitrogen and oxygen atoms in total. The number of carbonyl (C=O) groups excluding carboxylic acids is 3. The molecule has 2 N–H and O–H groups in total. The van der Waals surface area contributed by atoms with Crippen molar-refractivity contribution in [1.29, 1.82) is 0 Å². The molecule has 0 aromatic heterocycles. The maximum Gasteiger partial charge on any atom is 0.246 e. The zero-order valence-corrected chi connectivity index (χ0v) is 24.1. The Hall–Kier alpha value is -2.42. The number of piperidine rings is 1. The van der Waals surface area contributed by atoms with Crippen LogP contribution in [0.5, 0.6) is 0 Å². The number of likely N-dealkylation sites (tertiary alicyclic amines) is 2. The first-order chi connectivity index (χ1) is 19.4. The first-order valence-corrected chi connectivity index (χ1v) is 15.5. The molecule has 1 aromatic carbocycles. The molecule has 4 fully saturated rings. The predicted octanol–water partition coefficient (Wildman–Crippen LogP) is 4.00. The number of carbonyl (C=O) groups is 3. The van der Waals surface area contributed by atoms with Gasteiger partial charge in [0.05, 0.1) is 17.9 Å². The summed E-state index contributed by atoms with van der Waals surface area (Å²) in [5, 5.41) is 6.80. The largest absolute Gasteiger partial charge is 0.359 e. The molecule has 5 atom stereocenters. The van der Waals surface area contributed by atoms with Crippen molar-refractivity contribution in [3.05, 3.63) is 41.4 Å². The van der Waals surface area contributed by atoms with Crippen molar-refractivity contribution >= 4 is 35.0 Å². The van der Waals surface area contributed by atoms with Crippen LogP contribution in [0.4, 0.5) is 5.69 Å². The Balaban J connectivity index is 1.22. The van der Waals surface area contributed by atoms with Crippen LogP contribution in [0, 0.1) is 17.8 Å². The molecule has 40 heavy (non-hydrogen) atoms. The number of rotatable bonds is 8. The standard InChI is InChI=1S/C31H41ClN4O4/c1-20-13-18-35(19-14-20)16-5-17-36-27(29(38)34-22-6-3-2-4-7-22)31-15-12-24(40-31)25(26(31)30(36)39)28(37)33-23-10-8-21(32)9-11-23/h8-12,15,20,22,24-27H,2-7,13-14,16-19H2,1H3,(H,33,37)(H,34,38)/t24-,25+,26-,27+,31-/m0/s1. The lowest BCUT2D eigenvalue weighted by atomic mass is 9.74. The van der Waals surface area contributed by atoms with Crippen LogP contribution < -0.4 is 10.6 Å². The van der Waals surface area contributed by atoms with Crippen molar-refractivity contribution in [2.24, 2.45) is 17.8 Å². The van der Waals surface area contributed by atoms with Gasteiger partial charge in [0, 0.05) is 23.3 Å². The average molecular weight is 569 g/mol. The van der Waals surface area contributed by atoms with Crippen LogP contribution >= 0.6 is 11.6 Å². The minimum atomic E-state index is -1.12. The SMILES string of the molecule is CC1CCN(CCCN2C(=O)[C@@H]3[C@H](C(=O)Nc4ccc(Cl)cc4)[C@@H]4C=C[C@@]3(O4)[C@H]2C(=O)NC2CCCCC2)CC1. The van der Waals surface area contributed by atoms with E-state index in [0.29, 0.717) is 17.3 Å². The van der Waals surface area contributed by atoms with Crippen LogP contribution in [0.1, 0.15) is 58.3 Å². The average Bonchev–Trinajstić information content (AvgIpc) is 3.59. The van der Waals surface area contributed by atoms with Gasteiger partial charge in [-0.2, -0.15) is 0 Å². The number of hydrogen-bond donors (Lipinski definition) is 2. The molecule has 1 aromatic rings. The number of anilines is 1. The number of amides is 3. The van der Waals surface area contributed by atoms with Crippen LogP contribution in [-0.2, 0) is 19.1 Å². The van der Waals surface area contributed by atoms with Gasteiger partial charge in [-0.25, -0.2) is 0 Å². The Morgan fingerprint density at radius 2 is 1.75 bits per heavy atom. The van der Waals surface area contributed by atoms with Crippen LogP contribution in [0.15, 0.2) is 36.4 Å².